The number of aliphatic carboxylic acids is 1. The number of rotatable bonds is 2. The first-order chi connectivity index (χ1) is 3.13. The fourth-order valence-electron chi connectivity index (χ4n) is 0.235. The van der Waals surface area contributed by atoms with E-state index in [1.54, 1.807) is 6.92 Å². The molecule has 0 saturated heterocycles. The van der Waals surface area contributed by atoms with Crippen LogP contribution in [0, 0.1) is 0 Å². The Hall–Kier alpha value is 2.20. The molecule has 2 nitrogen and oxygen atoms in total. The molecule has 0 fully saturated rings. The molecule has 5 heteroatoms. The van der Waals surface area contributed by atoms with Crippen LogP contribution in [0.1, 0.15) is 13.3 Å². The standard InChI is InChI=1S/C4H8O2S.Au.K/c1-3(7)2-4(5)6;;/h3,7H,2H2,1H3,(H,5,6);;/q;2*+1/p-2. The molecule has 0 saturated carbocycles. The molecule has 0 rings (SSSR count). The minimum atomic E-state index is -1.07. The van der Waals surface area contributed by atoms with Crippen molar-refractivity contribution in [1.29, 1.82) is 0 Å². The second-order valence-corrected chi connectivity index (χ2v) is 2.19. The molecule has 0 spiro atoms. The van der Waals surface area contributed by atoms with Crippen LogP contribution in [0.25, 0.3) is 0 Å². The minimum Gasteiger partial charge on any atom is -0.789 e. The van der Waals surface area contributed by atoms with Crippen molar-refractivity contribution in [2.45, 2.75) is 18.6 Å². The van der Waals surface area contributed by atoms with E-state index in [4.69, 9.17) is 0 Å². The molecule has 52 valence electrons. The molecule has 0 aromatic heterocycles. The van der Waals surface area contributed by atoms with Gasteiger partial charge in [-0.25, -0.2) is 0 Å². The molecular weight excluding hydrogens is 348 g/mol. The van der Waals surface area contributed by atoms with Gasteiger partial charge in [-0.05, 0) is 6.42 Å². The second kappa shape index (κ2) is 10.2. The molecule has 9 heavy (non-hydrogen) atoms. The minimum absolute atomic E-state index is 0. The molecule has 0 aromatic carbocycles. The van der Waals surface area contributed by atoms with Crippen molar-refractivity contribution in [3.05, 3.63) is 0 Å². The predicted octanol–water partition coefficient (Wildman–Crippen LogP) is -3.94. The Kier molecular flexibility index (Phi) is 19.6. The van der Waals surface area contributed by atoms with Gasteiger partial charge in [-0.3, -0.25) is 0 Å². The van der Waals surface area contributed by atoms with Crippen molar-refractivity contribution in [3.8, 4) is 0 Å². The first kappa shape index (κ1) is 17.3. The van der Waals surface area contributed by atoms with Crippen LogP contribution in [0.2, 0.25) is 0 Å². The molecule has 0 aliphatic rings. The molecule has 0 aromatic rings. The monoisotopic (exact) mass is 354 g/mol. The fraction of sp³-hybridized carbons (Fsp3) is 0.750. The Morgan fingerprint density at radius 3 is 2.11 bits per heavy atom. The van der Waals surface area contributed by atoms with Gasteiger partial charge in [-0.15, -0.1) is 0 Å². The zero-order valence-corrected chi connectivity index (χ0v) is 11.4. The van der Waals surface area contributed by atoms with E-state index in [1.165, 1.54) is 0 Å². The number of hydrogen-bond donors (Lipinski definition) is 0. The van der Waals surface area contributed by atoms with Crippen molar-refractivity contribution >= 4 is 18.6 Å². The van der Waals surface area contributed by atoms with E-state index in [0.29, 0.717) is 0 Å². The summed E-state index contributed by atoms with van der Waals surface area (Å²) in [6.07, 6.45) is -0.0185. The zero-order valence-electron chi connectivity index (χ0n) is 5.31. The maximum Gasteiger partial charge on any atom is 1.00 e. The van der Waals surface area contributed by atoms with Gasteiger partial charge in [-0.2, -0.15) is 5.25 Å². The Morgan fingerprint density at radius 1 is 1.78 bits per heavy atom. The van der Waals surface area contributed by atoms with Crippen LogP contribution in [0.3, 0.4) is 0 Å². The maximum atomic E-state index is 9.63. The quantitative estimate of drug-likeness (QED) is 0.376. The summed E-state index contributed by atoms with van der Waals surface area (Å²) in [7, 11) is 0. The van der Waals surface area contributed by atoms with E-state index < -0.39 is 5.97 Å². The molecule has 1 unspecified atom stereocenters. The summed E-state index contributed by atoms with van der Waals surface area (Å²) < 4.78 is 0. The van der Waals surface area contributed by atoms with Crippen molar-refractivity contribution in [1.82, 2.24) is 0 Å². The molecular formula is C4H6AuKO2S. The van der Waals surface area contributed by atoms with Crippen molar-refractivity contribution in [2.75, 3.05) is 0 Å². The number of carbonyl (C=O) groups excluding carboxylic acids is 1. The van der Waals surface area contributed by atoms with Crippen LogP contribution in [0.4, 0.5) is 0 Å². The Labute approximate surface area is 119 Å². The van der Waals surface area contributed by atoms with Gasteiger partial charge in [0.2, 0.25) is 0 Å². The van der Waals surface area contributed by atoms with Gasteiger partial charge in [0.1, 0.15) is 0 Å². The van der Waals surface area contributed by atoms with Crippen LogP contribution in [-0.4, -0.2) is 11.2 Å². The average molecular weight is 354 g/mol. The third-order valence-corrected chi connectivity index (χ3v) is 0.621. The number of hydrogen-bond acceptors (Lipinski definition) is 3. The Balaban J connectivity index is -0.000000180. The molecule has 0 radical (unpaired) electrons. The van der Waals surface area contributed by atoms with Gasteiger partial charge in [0.15, 0.2) is 0 Å². The summed E-state index contributed by atoms with van der Waals surface area (Å²) in [4.78, 5) is 9.63. The molecule has 0 N–H and O–H groups in total. The van der Waals surface area contributed by atoms with Crippen LogP contribution >= 0.6 is 0 Å². The zero-order chi connectivity index (χ0) is 5.86. The van der Waals surface area contributed by atoms with Crippen LogP contribution in [0.15, 0.2) is 0 Å². The topological polar surface area (TPSA) is 40.1 Å². The predicted molar refractivity (Wildman–Crippen MR) is 26.5 cm³/mol. The molecule has 0 aliphatic heterocycles. The van der Waals surface area contributed by atoms with Gasteiger partial charge < -0.3 is 22.5 Å². The fourth-order valence-corrected chi connectivity index (χ4v) is 0.371. The maximum absolute atomic E-state index is 9.63. The van der Waals surface area contributed by atoms with E-state index in [0.717, 1.165) is 0 Å². The smallest absolute Gasteiger partial charge is 0.789 e. The summed E-state index contributed by atoms with van der Waals surface area (Å²) in [5, 5.41) is 9.43. The second-order valence-electron chi connectivity index (χ2n) is 1.39. The molecule has 0 aliphatic carbocycles. The van der Waals surface area contributed by atoms with Gasteiger partial charge in [-0.1, -0.05) is 6.92 Å². The molecule has 0 bridgehead atoms. The van der Waals surface area contributed by atoms with E-state index in [2.05, 4.69) is 12.6 Å². The summed E-state index contributed by atoms with van der Waals surface area (Å²) in [6, 6.07) is 0. The molecule has 0 heterocycles. The normalized spacial score (nSPS) is 10.4. The number of carbonyl (C=O) groups is 1. The average Bonchev–Trinajstić information content (AvgIpc) is 1.27. The van der Waals surface area contributed by atoms with E-state index >= 15 is 0 Å². The summed E-state index contributed by atoms with van der Waals surface area (Å²) >= 11 is 4.53. The van der Waals surface area contributed by atoms with Crippen molar-refractivity contribution in [2.24, 2.45) is 0 Å². The number of carboxylic acid groups (broad SMARTS) is 1. The first-order valence-corrected chi connectivity index (χ1v) is 2.45. The van der Waals surface area contributed by atoms with Crippen molar-refractivity contribution in [3.63, 3.8) is 0 Å². The largest absolute Gasteiger partial charge is 1.00 e. The Bertz CT molecular complexity index is 79.0. The van der Waals surface area contributed by atoms with Gasteiger partial charge in [0.25, 0.3) is 0 Å². The van der Waals surface area contributed by atoms with Gasteiger partial charge in [0, 0.05) is 5.97 Å². The third-order valence-electron chi connectivity index (χ3n) is 0.454. The first-order valence-electron chi connectivity index (χ1n) is 1.98. The van der Waals surface area contributed by atoms with E-state index in [1.807, 2.05) is 0 Å². The SMILES string of the molecule is CC([S-])CC(=O)[O-].[Au+].[K+]. The van der Waals surface area contributed by atoms with E-state index in [9.17, 15) is 9.90 Å². The molecule has 1 atom stereocenters. The molecule has 0 amide bonds. The summed E-state index contributed by atoms with van der Waals surface area (Å²) in [5.41, 5.74) is 0. The third kappa shape index (κ3) is 17.8. The van der Waals surface area contributed by atoms with Crippen LogP contribution in [-0.2, 0) is 39.8 Å². The van der Waals surface area contributed by atoms with Crippen LogP contribution in [0.5, 0.6) is 0 Å². The van der Waals surface area contributed by atoms with Crippen LogP contribution < -0.4 is 56.5 Å². The summed E-state index contributed by atoms with van der Waals surface area (Å²) in [6.45, 7) is 1.66. The van der Waals surface area contributed by atoms with E-state index in [-0.39, 0.29) is 85.4 Å². The van der Waals surface area contributed by atoms with Gasteiger partial charge >= 0.3 is 73.8 Å². The Morgan fingerprint density at radius 2 is 2.11 bits per heavy atom. The summed E-state index contributed by atoms with van der Waals surface area (Å²) in [5.74, 6) is -1.07. The van der Waals surface area contributed by atoms with Crippen molar-refractivity contribution < 1.29 is 83.7 Å². The van der Waals surface area contributed by atoms with Gasteiger partial charge in [0.05, 0.1) is 0 Å². The number of carboxylic acids is 1.